The van der Waals surface area contributed by atoms with Crippen molar-refractivity contribution >= 4 is 23.9 Å². The van der Waals surface area contributed by atoms with Crippen molar-refractivity contribution in [2.75, 3.05) is 7.11 Å². The molecule has 110 valence electrons. The van der Waals surface area contributed by atoms with Crippen LogP contribution < -0.4 is 0 Å². The molecular formula is C9H14O10. The van der Waals surface area contributed by atoms with Gasteiger partial charge in [0.1, 0.15) is 0 Å². The molecule has 0 aromatic rings. The topological polar surface area (TPSA) is 179 Å². The summed E-state index contributed by atoms with van der Waals surface area (Å²) in [6.45, 7) is 0. The van der Waals surface area contributed by atoms with Crippen LogP contribution in [0, 0.1) is 0 Å². The van der Waals surface area contributed by atoms with E-state index in [1.165, 1.54) is 0 Å². The Kier molecular flexibility index (Phi) is 9.87. The first kappa shape index (κ1) is 19.1. The lowest BCUT2D eigenvalue weighted by Crippen LogP contribution is -2.24. The summed E-state index contributed by atoms with van der Waals surface area (Å²) in [7, 11) is 1.08. The molecule has 5 N–H and O–H groups in total. The predicted octanol–water partition coefficient (Wildman–Crippen LogP) is -2.10. The normalized spacial score (nSPS) is 12.4. The Labute approximate surface area is 106 Å². The number of aliphatic hydroxyl groups is 2. The largest absolute Gasteiger partial charge is 0.481 e. The van der Waals surface area contributed by atoms with E-state index in [9.17, 15) is 19.2 Å². The number of carboxylic acids is 3. The minimum atomic E-state index is -1.79. The predicted molar refractivity (Wildman–Crippen MR) is 56.2 cm³/mol. The molecule has 0 aromatic carbocycles. The highest BCUT2D eigenvalue weighted by Crippen LogP contribution is 1.93. The van der Waals surface area contributed by atoms with Crippen LogP contribution in [0.2, 0.25) is 0 Å². The lowest BCUT2D eigenvalue weighted by atomic mass is 10.3. The lowest BCUT2D eigenvalue weighted by molar-refractivity contribution is -0.155. The van der Waals surface area contributed by atoms with Gasteiger partial charge in [0.25, 0.3) is 0 Å². The van der Waals surface area contributed by atoms with Gasteiger partial charge in [0.05, 0.1) is 20.0 Å². The first-order valence-corrected chi connectivity index (χ1v) is 4.72. The minimum absolute atomic E-state index is 0.618. The van der Waals surface area contributed by atoms with Crippen LogP contribution in [0.5, 0.6) is 0 Å². The second kappa shape index (κ2) is 9.79. The number of methoxy groups -OCH3 is 1. The summed E-state index contributed by atoms with van der Waals surface area (Å²) in [5.41, 5.74) is 0. The third-order valence-electron chi connectivity index (χ3n) is 1.49. The number of rotatable bonds is 6. The van der Waals surface area contributed by atoms with Crippen LogP contribution >= 0.6 is 0 Å². The molecular weight excluding hydrogens is 268 g/mol. The van der Waals surface area contributed by atoms with Crippen molar-refractivity contribution in [2.24, 2.45) is 0 Å². The highest BCUT2D eigenvalue weighted by Gasteiger charge is 2.18. The van der Waals surface area contributed by atoms with Crippen LogP contribution in [0.15, 0.2) is 0 Å². The maximum Gasteiger partial charge on any atom is 0.335 e. The number of carbonyl (C=O) groups excluding carboxylic acids is 1. The van der Waals surface area contributed by atoms with Gasteiger partial charge in [0.15, 0.2) is 12.2 Å². The van der Waals surface area contributed by atoms with Gasteiger partial charge in [-0.3, -0.25) is 9.59 Å². The van der Waals surface area contributed by atoms with Gasteiger partial charge in [-0.05, 0) is 0 Å². The van der Waals surface area contributed by atoms with Gasteiger partial charge >= 0.3 is 23.9 Å². The zero-order chi connectivity index (χ0) is 15.6. The van der Waals surface area contributed by atoms with Crippen molar-refractivity contribution < 1.29 is 49.4 Å². The van der Waals surface area contributed by atoms with E-state index >= 15 is 0 Å². The zero-order valence-electron chi connectivity index (χ0n) is 9.85. The lowest BCUT2D eigenvalue weighted by Gasteiger charge is -2.03. The molecule has 10 heteroatoms. The molecule has 10 nitrogen and oxygen atoms in total. The molecule has 2 atom stereocenters. The molecule has 0 spiro atoms. The quantitative estimate of drug-likeness (QED) is 0.339. The van der Waals surface area contributed by atoms with Crippen LogP contribution in [-0.4, -0.2) is 68.7 Å². The average molecular weight is 282 g/mol. The Hall–Kier alpha value is -2.20. The Bertz CT molecular complexity index is 336. The van der Waals surface area contributed by atoms with Gasteiger partial charge in [0, 0.05) is 0 Å². The molecule has 0 radical (unpaired) electrons. The third-order valence-corrected chi connectivity index (χ3v) is 1.49. The smallest absolute Gasteiger partial charge is 0.335 e. The van der Waals surface area contributed by atoms with Crippen molar-refractivity contribution in [3.05, 3.63) is 0 Å². The van der Waals surface area contributed by atoms with E-state index in [2.05, 4.69) is 4.74 Å². The van der Waals surface area contributed by atoms with Crippen molar-refractivity contribution in [1.82, 2.24) is 0 Å². The van der Waals surface area contributed by atoms with Crippen LogP contribution in [0.3, 0.4) is 0 Å². The minimum Gasteiger partial charge on any atom is -0.481 e. The first-order chi connectivity index (χ1) is 8.61. The number of hydrogen-bond donors (Lipinski definition) is 5. The van der Waals surface area contributed by atoms with Gasteiger partial charge in [-0.1, -0.05) is 0 Å². The highest BCUT2D eigenvalue weighted by molar-refractivity contribution is 5.80. The van der Waals surface area contributed by atoms with Gasteiger partial charge in [-0.15, -0.1) is 0 Å². The molecule has 0 aliphatic carbocycles. The average Bonchev–Trinajstić information content (AvgIpc) is 2.26. The number of aliphatic carboxylic acids is 3. The van der Waals surface area contributed by atoms with E-state index in [0.29, 0.717) is 0 Å². The van der Waals surface area contributed by atoms with Crippen molar-refractivity contribution in [2.45, 2.75) is 25.0 Å². The van der Waals surface area contributed by atoms with E-state index in [1.54, 1.807) is 0 Å². The Morgan fingerprint density at radius 3 is 1.47 bits per heavy atom. The molecule has 0 rings (SSSR count). The molecule has 0 saturated heterocycles. The summed E-state index contributed by atoms with van der Waals surface area (Å²) in [4.78, 5) is 39.6. The molecule has 0 heterocycles. The molecule has 0 amide bonds. The van der Waals surface area contributed by atoms with E-state index < -0.39 is 48.9 Å². The standard InChI is InChI=1S/C5H8O5.C4H6O5/c1-10-5(9)3(6)2-4(7)8;5-2(4(8)9)1-3(6)7/h3,6H,2H2,1H3,(H,7,8);2,5H,1H2,(H,6,7)(H,8,9). The number of carboxylic acid groups (broad SMARTS) is 3. The van der Waals surface area contributed by atoms with Crippen molar-refractivity contribution in [3.8, 4) is 0 Å². The fourth-order valence-electron chi connectivity index (χ4n) is 0.637. The number of carbonyl (C=O) groups is 4. The monoisotopic (exact) mass is 282 g/mol. The summed E-state index contributed by atoms with van der Waals surface area (Å²) < 4.78 is 4.06. The van der Waals surface area contributed by atoms with Gasteiger partial charge in [-0.2, -0.15) is 0 Å². The molecule has 0 bridgehead atoms. The third kappa shape index (κ3) is 12.1. The van der Waals surface area contributed by atoms with E-state index in [4.69, 9.17) is 25.5 Å². The van der Waals surface area contributed by atoms with Crippen LogP contribution in [0.25, 0.3) is 0 Å². The summed E-state index contributed by atoms with van der Waals surface area (Å²) in [6.07, 6.45) is -4.72. The summed E-state index contributed by atoms with van der Waals surface area (Å²) in [5, 5.41) is 40.8. The Morgan fingerprint density at radius 2 is 1.26 bits per heavy atom. The highest BCUT2D eigenvalue weighted by atomic mass is 16.5. The fourth-order valence-corrected chi connectivity index (χ4v) is 0.637. The van der Waals surface area contributed by atoms with Gasteiger partial charge in [0.2, 0.25) is 0 Å². The molecule has 0 aromatic heterocycles. The number of esters is 1. The maximum absolute atomic E-state index is 10.3. The van der Waals surface area contributed by atoms with Crippen LogP contribution in [-0.2, 0) is 23.9 Å². The summed E-state index contributed by atoms with van der Waals surface area (Å²) in [6, 6.07) is 0. The van der Waals surface area contributed by atoms with Crippen molar-refractivity contribution in [1.29, 1.82) is 0 Å². The number of ether oxygens (including phenoxy) is 1. The van der Waals surface area contributed by atoms with E-state index in [0.717, 1.165) is 7.11 Å². The van der Waals surface area contributed by atoms with E-state index in [1.807, 2.05) is 0 Å². The Morgan fingerprint density at radius 1 is 0.895 bits per heavy atom. The summed E-state index contributed by atoms with van der Waals surface area (Å²) in [5.74, 6) is -5.01. The first-order valence-electron chi connectivity index (χ1n) is 4.72. The fraction of sp³-hybridized carbons (Fsp3) is 0.556. The molecule has 0 fully saturated rings. The van der Waals surface area contributed by atoms with E-state index in [-0.39, 0.29) is 0 Å². The summed E-state index contributed by atoms with van der Waals surface area (Å²) >= 11 is 0. The number of hydrogen-bond acceptors (Lipinski definition) is 7. The van der Waals surface area contributed by atoms with Crippen molar-refractivity contribution in [3.63, 3.8) is 0 Å². The molecule has 0 aliphatic heterocycles. The van der Waals surface area contributed by atoms with Crippen LogP contribution in [0.4, 0.5) is 0 Å². The van der Waals surface area contributed by atoms with Gasteiger partial charge in [-0.25, -0.2) is 9.59 Å². The molecule has 2 unspecified atom stereocenters. The molecule has 0 saturated carbocycles. The molecule has 19 heavy (non-hydrogen) atoms. The number of aliphatic hydroxyl groups excluding tert-OH is 2. The Balaban J connectivity index is 0. The van der Waals surface area contributed by atoms with Crippen LogP contribution in [0.1, 0.15) is 12.8 Å². The second-order valence-electron chi connectivity index (χ2n) is 3.09. The van der Waals surface area contributed by atoms with Gasteiger partial charge < -0.3 is 30.3 Å². The zero-order valence-corrected chi connectivity index (χ0v) is 9.85. The second-order valence-corrected chi connectivity index (χ2v) is 3.09. The maximum atomic E-state index is 10.3. The SMILES string of the molecule is COC(=O)C(O)CC(=O)O.O=C(O)CC(O)C(=O)O. The molecule has 0 aliphatic rings.